The summed E-state index contributed by atoms with van der Waals surface area (Å²) < 4.78 is 0. The first-order valence-electron chi connectivity index (χ1n) is 11.8. The number of nitrogens with zero attached hydrogens (tertiary/aromatic N) is 1. The summed E-state index contributed by atoms with van der Waals surface area (Å²) in [5.41, 5.74) is 11.0. The number of hydrogen-bond donors (Lipinski definition) is 3. The van der Waals surface area contributed by atoms with Crippen molar-refractivity contribution in [1.82, 2.24) is 10.3 Å². The van der Waals surface area contributed by atoms with Crippen LogP contribution in [0.3, 0.4) is 0 Å². The van der Waals surface area contributed by atoms with Gasteiger partial charge in [0.25, 0.3) is 0 Å². The Morgan fingerprint density at radius 1 is 0.941 bits per heavy atom. The molecule has 0 spiro atoms. The molecule has 1 heterocycles. The van der Waals surface area contributed by atoms with E-state index in [0.29, 0.717) is 6.42 Å². The maximum Gasteiger partial charge on any atom is 0.243 e. The lowest BCUT2D eigenvalue weighted by Crippen LogP contribution is -2.44. The van der Waals surface area contributed by atoms with Gasteiger partial charge in [-0.15, -0.1) is 0 Å². The highest BCUT2D eigenvalue weighted by Gasteiger charge is 2.20. The second-order valence-corrected chi connectivity index (χ2v) is 8.89. The topological polar surface area (TPSA) is 97.1 Å². The van der Waals surface area contributed by atoms with E-state index in [9.17, 15) is 9.59 Å². The Bertz CT molecular complexity index is 1380. The van der Waals surface area contributed by atoms with Crippen molar-refractivity contribution in [1.29, 1.82) is 0 Å². The van der Waals surface area contributed by atoms with Crippen molar-refractivity contribution in [2.75, 3.05) is 11.9 Å². The fraction of sp³-hybridized carbons (Fsp3) is 0.250. The van der Waals surface area contributed by atoms with E-state index in [1.54, 1.807) is 0 Å². The first-order chi connectivity index (χ1) is 16.6. The molecule has 0 unspecified atom stereocenters. The van der Waals surface area contributed by atoms with Crippen LogP contribution in [0.25, 0.3) is 21.7 Å². The van der Waals surface area contributed by atoms with Crippen molar-refractivity contribution in [2.24, 2.45) is 5.73 Å². The maximum absolute atomic E-state index is 12.8. The van der Waals surface area contributed by atoms with E-state index in [-0.39, 0.29) is 18.4 Å². The molecule has 0 aliphatic heterocycles. The first-order valence-corrected chi connectivity index (χ1v) is 11.8. The standard InChI is InChI=1S/C28H28N4O2/c29-23(16-18-13-14-19-7-1-2-8-20(19)15-18)28(34)30-17-26(33)32-27-21-9-3-5-11-24(21)31-25-12-6-4-10-22(25)27/h1-3,5,7-9,11,13-15,23H,4,6,10,12,16-17,29H2,(H,30,34)(H,31,32,33)/t23-/m0/s1. The molecule has 0 radical (unpaired) electrons. The number of nitrogens with one attached hydrogen (secondary N) is 2. The zero-order valence-corrected chi connectivity index (χ0v) is 19.0. The minimum Gasteiger partial charge on any atom is -0.346 e. The quantitative estimate of drug-likeness (QED) is 0.413. The third kappa shape index (κ3) is 4.63. The molecule has 2 amide bonds. The van der Waals surface area contributed by atoms with Gasteiger partial charge < -0.3 is 16.4 Å². The summed E-state index contributed by atoms with van der Waals surface area (Å²) in [6, 6.07) is 21.2. The van der Waals surface area contributed by atoms with Crippen molar-refractivity contribution in [3.05, 3.63) is 83.6 Å². The van der Waals surface area contributed by atoms with Crippen LogP contribution in [0.2, 0.25) is 0 Å². The molecule has 3 aromatic carbocycles. The molecule has 1 aliphatic carbocycles. The molecule has 5 rings (SSSR count). The lowest BCUT2D eigenvalue weighted by atomic mass is 9.92. The number of hydrogen-bond acceptors (Lipinski definition) is 4. The molecule has 0 bridgehead atoms. The number of rotatable bonds is 6. The van der Waals surface area contributed by atoms with E-state index in [1.807, 2.05) is 66.7 Å². The van der Waals surface area contributed by atoms with Gasteiger partial charge in [-0.05, 0) is 60.1 Å². The Morgan fingerprint density at radius 2 is 1.71 bits per heavy atom. The van der Waals surface area contributed by atoms with Crippen molar-refractivity contribution in [2.45, 2.75) is 38.1 Å². The lowest BCUT2D eigenvalue weighted by Gasteiger charge is -2.21. The molecule has 1 aromatic heterocycles. The smallest absolute Gasteiger partial charge is 0.243 e. The highest BCUT2D eigenvalue weighted by Crippen LogP contribution is 2.33. The number of amides is 2. The SMILES string of the molecule is N[C@@H](Cc1ccc2ccccc2c1)C(=O)NCC(=O)Nc1c2c(nc3ccccc13)CCCC2. The molecule has 6 nitrogen and oxygen atoms in total. The van der Waals surface area contributed by atoms with Crippen LogP contribution in [0.15, 0.2) is 66.7 Å². The molecular formula is C28H28N4O2. The highest BCUT2D eigenvalue weighted by atomic mass is 16.2. The summed E-state index contributed by atoms with van der Waals surface area (Å²) in [7, 11) is 0. The summed E-state index contributed by atoms with van der Waals surface area (Å²) in [5, 5.41) is 8.92. The monoisotopic (exact) mass is 452 g/mol. The molecule has 4 aromatic rings. The Kier molecular flexibility index (Phi) is 6.23. The van der Waals surface area contributed by atoms with Gasteiger partial charge in [-0.2, -0.15) is 0 Å². The third-order valence-corrected chi connectivity index (χ3v) is 6.46. The Labute approximate surface area is 198 Å². The zero-order valence-electron chi connectivity index (χ0n) is 19.0. The normalized spacial score (nSPS) is 13.9. The van der Waals surface area contributed by atoms with Gasteiger partial charge in [-0.25, -0.2) is 0 Å². The Morgan fingerprint density at radius 3 is 2.59 bits per heavy atom. The van der Waals surface area contributed by atoms with E-state index in [2.05, 4.69) is 10.6 Å². The van der Waals surface area contributed by atoms with E-state index in [1.165, 1.54) is 0 Å². The van der Waals surface area contributed by atoms with Crippen LogP contribution in [0.1, 0.15) is 29.7 Å². The molecule has 172 valence electrons. The summed E-state index contributed by atoms with van der Waals surface area (Å²) in [6.45, 7) is -0.129. The Balaban J connectivity index is 1.24. The Hall–Kier alpha value is -3.77. The number of para-hydroxylation sites is 1. The molecule has 1 atom stereocenters. The van der Waals surface area contributed by atoms with Gasteiger partial charge in [0.2, 0.25) is 11.8 Å². The summed E-state index contributed by atoms with van der Waals surface area (Å²) >= 11 is 0. The number of fused-ring (bicyclic) bond motifs is 3. The molecule has 0 saturated heterocycles. The van der Waals surface area contributed by atoms with Crippen LogP contribution in [0.5, 0.6) is 0 Å². The van der Waals surface area contributed by atoms with E-state index >= 15 is 0 Å². The molecule has 6 heteroatoms. The van der Waals surface area contributed by atoms with Crippen molar-refractivity contribution in [3.8, 4) is 0 Å². The van der Waals surface area contributed by atoms with Crippen LogP contribution in [0.4, 0.5) is 5.69 Å². The fourth-order valence-corrected chi connectivity index (χ4v) is 4.71. The van der Waals surface area contributed by atoms with Crippen LogP contribution in [-0.4, -0.2) is 29.4 Å². The number of carbonyl (C=O) groups excluding carboxylic acids is 2. The third-order valence-electron chi connectivity index (χ3n) is 6.46. The van der Waals surface area contributed by atoms with Crippen molar-refractivity contribution in [3.63, 3.8) is 0 Å². The molecule has 4 N–H and O–H groups in total. The molecule has 1 aliphatic rings. The average molecular weight is 453 g/mol. The minimum absolute atomic E-state index is 0.129. The predicted octanol–water partition coefficient (Wildman–Crippen LogP) is 3.89. The zero-order chi connectivity index (χ0) is 23.5. The van der Waals surface area contributed by atoms with Crippen molar-refractivity contribution < 1.29 is 9.59 Å². The van der Waals surface area contributed by atoms with E-state index in [0.717, 1.165) is 69.9 Å². The van der Waals surface area contributed by atoms with Crippen LogP contribution in [-0.2, 0) is 28.9 Å². The summed E-state index contributed by atoms with van der Waals surface area (Å²) in [5.74, 6) is -0.611. The minimum atomic E-state index is -0.733. The number of pyridine rings is 1. The molecule has 34 heavy (non-hydrogen) atoms. The number of aryl methyl sites for hydroxylation is 1. The van der Waals surface area contributed by atoms with Gasteiger partial charge in [0.05, 0.1) is 23.8 Å². The van der Waals surface area contributed by atoms with E-state index in [4.69, 9.17) is 10.7 Å². The van der Waals surface area contributed by atoms with Gasteiger partial charge in [-0.1, -0.05) is 60.7 Å². The molecule has 0 saturated carbocycles. The molecule has 0 fully saturated rings. The number of benzene rings is 3. The number of anilines is 1. The summed E-state index contributed by atoms with van der Waals surface area (Å²) in [4.78, 5) is 30.2. The number of aromatic nitrogens is 1. The first kappa shape index (κ1) is 22.0. The lowest BCUT2D eigenvalue weighted by molar-refractivity contribution is -0.125. The number of nitrogens with two attached hydrogens (primary N) is 1. The van der Waals surface area contributed by atoms with Crippen LogP contribution in [0, 0.1) is 0 Å². The van der Waals surface area contributed by atoms with Crippen LogP contribution < -0.4 is 16.4 Å². The second-order valence-electron chi connectivity index (χ2n) is 8.89. The largest absolute Gasteiger partial charge is 0.346 e. The second kappa shape index (κ2) is 9.61. The fourth-order valence-electron chi connectivity index (χ4n) is 4.71. The summed E-state index contributed by atoms with van der Waals surface area (Å²) in [6.07, 6.45) is 4.41. The van der Waals surface area contributed by atoms with Crippen LogP contribution >= 0.6 is 0 Å². The highest BCUT2D eigenvalue weighted by molar-refractivity contribution is 6.04. The van der Waals surface area contributed by atoms with Crippen molar-refractivity contribution >= 4 is 39.2 Å². The number of carbonyl (C=O) groups is 2. The van der Waals surface area contributed by atoms with Gasteiger partial charge in [0, 0.05) is 11.1 Å². The van der Waals surface area contributed by atoms with Gasteiger partial charge in [-0.3, -0.25) is 14.6 Å². The maximum atomic E-state index is 12.8. The van der Waals surface area contributed by atoms with Gasteiger partial charge in [0.1, 0.15) is 0 Å². The average Bonchev–Trinajstić information content (AvgIpc) is 2.87. The van der Waals surface area contributed by atoms with Gasteiger partial charge in [0.15, 0.2) is 0 Å². The van der Waals surface area contributed by atoms with E-state index < -0.39 is 6.04 Å². The predicted molar refractivity (Wildman–Crippen MR) is 136 cm³/mol. The molecular weight excluding hydrogens is 424 g/mol. The van der Waals surface area contributed by atoms with Gasteiger partial charge >= 0.3 is 0 Å².